The molecular weight excluding hydrogens is 479 g/mol. The maximum absolute atomic E-state index is 10.8. The number of hydrogen-bond acceptors (Lipinski definition) is 4. The Labute approximate surface area is 210 Å². The zero-order valence-electron chi connectivity index (χ0n) is 19.2. The molecule has 0 aliphatic carbocycles. The van der Waals surface area contributed by atoms with Crippen molar-refractivity contribution in [2.75, 3.05) is 7.05 Å². The van der Waals surface area contributed by atoms with E-state index in [1.54, 1.807) is 18.2 Å². The van der Waals surface area contributed by atoms with Crippen LogP contribution in [0.3, 0.4) is 0 Å². The Balaban J connectivity index is 0.000000331. The van der Waals surface area contributed by atoms with Gasteiger partial charge >= 0.3 is 6.09 Å². The molecule has 3 rings (SSSR count). The van der Waals surface area contributed by atoms with Gasteiger partial charge in [0.25, 0.3) is 0 Å². The second-order valence-electron chi connectivity index (χ2n) is 7.42. The molecule has 8 heteroatoms. The summed E-state index contributed by atoms with van der Waals surface area (Å²) in [4.78, 5) is 19.6. The minimum absolute atomic E-state index is 0.128. The van der Waals surface area contributed by atoms with Crippen molar-refractivity contribution in [1.82, 2.24) is 9.62 Å². The van der Waals surface area contributed by atoms with Crippen molar-refractivity contribution in [2.45, 2.75) is 38.3 Å². The van der Waals surface area contributed by atoms with E-state index in [1.165, 1.54) is 28.3 Å². The molecule has 0 heterocycles. The van der Waals surface area contributed by atoms with E-state index in [2.05, 4.69) is 54.7 Å². The molecule has 0 aromatic heterocycles. The number of aryl methyl sites for hydroxylation is 1. The van der Waals surface area contributed by atoms with Crippen molar-refractivity contribution in [1.29, 1.82) is 0 Å². The quantitative estimate of drug-likeness (QED) is 0.268. The highest BCUT2D eigenvalue weighted by Gasteiger charge is 2.21. The van der Waals surface area contributed by atoms with Gasteiger partial charge in [0.05, 0.1) is 6.17 Å². The van der Waals surface area contributed by atoms with Crippen LogP contribution in [0, 0.1) is 5.92 Å². The Morgan fingerprint density at radius 2 is 1.61 bits per heavy atom. The number of carbonyl (C=O) groups excluding carboxylic acids is 1. The van der Waals surface area contributed by atoms with Gasteiger partial charge in [0.15, 0.2) is 0 Å². The second-order valence-corrected chi connectivity index (χ2v) is 9.52. The SMILES string of the molecule is C=O.CC(C)C(NC(=O)O)N(C)Sc1cc(Cl)cc(Cl)c1.CCc1ccc2ccccc2c1. The lowest BCUT2D eigenvalue weighted by Gasteiger charge is -2.29. The van der Waals surface area contributed by atoms with Gasteiger partial charge in [-0.2, -0.15) is 0 Å². The molecule has 5 nitrogen and oxygen atoms in total. The van der Waals surface area contributed by atoms with Crippen LogP contribution in [0.1, 0.15) is 26.3 Å². The smallest absolute Gasteiger partial charge is 0.405 e. The van der Waals surface area contributed by atoms with Gasteiger partial charge in [-0.05, 0) is 65.9 Å². The van der Waals surface area contributed by atoms with Crippen LogP contribution in [-0.2, 0) is 11.2 Å². The number of nitrogens with zero attached hydrogens (tertiary/aromatic N) is 1. The summed E-state index contributed by atoms with van der Waals surface area (Å²) in [7, 11) is 1.82. The van der Waals surface area contributed by atoms with Crippen molar-refractivity contribution in [3.8, 4) is 0 Å². The number of halogens is 2. The highest BCUT2D eigenvalue weighted by molar-refractivity contribution is 7.97. The summed E-state index contributed by atoms with van der Waals surface area (Å²) < 4.78 is 1.83. The molecule has 0 aliphatic heterocycles. The third kappa shape index (κ3) is 10.0. The molecule has 1 amide bonds. The number of rotatable bonds is 6. The Bertz CT molecular complexity index is 1010. The third-order valence-electron chi connectivity index (χ3n) is 4.60. The number of carbonyl (C=O) groups is 2. The third-order valence-corrected chi connectivity index (χ3v) is 6.00. The van der Waals surface area contributed by atoms with Gasteiger partial charge in [-0.25, -0.2) is 9.10 Å². The summed E-state index contributed by atoms with van der Waals surface area (Å²) >= 11 is 13.3. The predicted octanol–water partition coefficient (Wildman–Crippen LogP) is 7.40. The van der Waals surface area contributed by atoms with Crippen LogP contribution in [0.5, 0.6) is 0 Å². The van der Waals surface area contributed by atoms with Crippen LogP contribution in [0.4, 0.5) is 4.79 Å². The summed E-state index contributed by atoms with van der Waals surface area (Å²) in [6.45, 7) is 8.08. The van der Waals surface area contributed by atoms with Crippen molar-refractivity contribution in [3.63, 3.8) is 0 Å². The van der Waals surface area contributed by atoms with Gasteiger partial charge in [-0.15, -0.1) is 0 Å². The van der Waals surface area contributed by atoms with E-state index in [4.69, 9.17) is 33.1 Å². The number of nitrogens with one attached hydrogen (secondary N) is 1. The summed E-state index contributed by atoms with van der Waals surface area (Å²) in [6.07, 6.45) is -0.235. The summed E-state index contributed by atoms with van der Waals surface area (Å²) in [5.41, 5.74) is 1.41. The second kappa shape index (κ2) is 14.8. The van der Waals surface area contributed by atoms with E-state index in [1.807, 2.05) is 32.0 Å². The van der Waals surface area contributed by atoms with Gasteiger partial charge in [0.1, 0.15) is 6.79 Å². The first-order valence-corrected chi connectivity index (χ1v) is 11.9. The van der Waals surface area contributed by atoms with E-state index in [9.17, 15) is 4.79 Å². The Kier molecular flexibility index (Phi) is 12.9. The van der Waals surface area contributed by atoms with E-state index in [-0.39, 0.29) is 12.1 Å². The summed E-state index contributed by atoms with van der Waals surface area (Å²) in [5.74, 6) is 0.128. The molecular formula is C25H30Cl2N2O3S. The maximum atomic E-state index is 10.8. The number of amides is 1. The van der Waals surface area contributed by atoms with Crippen LogP contribution >= 0.6 is 35.1 Å². The first-order valence-electron chi connectivity index (χ1n) is 10.3. The Morgan fingerprint density at radius 3 is 2.12 bits per heavy atom. The molecule has 0 spiro atoms. The lowest BCUT2D eigenvalue weighted by Crippen LogP contribution is -2.46. The average Bonchev–Trinajstić information content (AvgIpc) is 2.77. The first-order chi connectivity index (χ1) is 15.7. The van der Waals surface area contributed by atoms with E-state index < -0.39 is 6.09 Å². The lowest BCUT2D eigenvalue weighted by molar-refractivity contribution is -0.0980. The highest BCUT2D eigenvalue weighted by atomic mass is 35.5. The van der Waals surface area contributed by atoms with Crippen LogP contribution in [-0.4, -0.2) is 35.5 Å². The molecule has 2 N–H and O–H groups in total. The van der Waals surface area contributed by atoms with Gasteiger partial charge in [0, 0.05) is 14.9 Å². The number of benzene rings is 3. The van der Waals surface area contributed by atoms with Gasteiger partial charge in [0.2, 0.25) is 0 Å². The van der Waals surface area contributed by atoms with Crippen LogP contribution in [0.25, 0.3) is 10.8 Å². The van der Waals surface area contributed by atoms with Crippen molar-refractivity contribution >= 4 is 58.8 Å². The van der Waals surface area contributed by atoms with Crippen LogP contribution in [0.15, 0.2) is 65.6 Å². The van der Waals surface area contributed by atoms with Crippen molar-refractivity contribution in [3.05, 3.63) is 76.3 Å². The Morgan fingerprint density at radius 1 is 1.03 bits per heavy atom. The molecule has 1 atom stereocenters. The largest absolute Gasteiger partial charge is 0.465 e. The predicted molar refractivity (Wildman–Crippen MR) is 140 cm³/mol. The standard InChI is InChI=1S/C12H16Cl2N2O2S.C12H12.CH2O/c1-7(2)11(15-12(17)18)16(3)19-10-5-8(13)4-9(14)6-10;1-2-10-7-8-11-5-3-4-6-12(11)9-10;1-2/h4-7,11,15H,1-3H3,(H,17,18);3-9H,2H2,1H3;1H2. The van der Waals surface area contributed by atoms with Gasteiger partial charge in [-0.1, -0.05) is 86.4 Å². The fourth-order valence-corrected chi connectivity index (χ4v) is 4.82. The molecule has 0 saturated carbocycles. The average molecular weight is 509 g/mol. The maximum Gasteiger partial charge on any atom is 0.405 e. The van der Waals surface area contributed by atoms with Gasteiger partial charge < -0.3 is 15.2 Å². The highest BCUT2D eigenvalue weighted by Crippen LogP contribution is 2.30. The lowest BCUT2D eigenvalue weighted by atomic mass is 10.1. The number of fused-ring (bicyclic) bond motifs is 1. The van der Waals surface area contributed by atoms with Gasteiger partial charge in [-0.3, -0.25) is 0 Å². The fourth-order valence-electron chi connectivity index (χ4n) is 3.07. The summed E-state index contributed by atoms with van der Waals surface area (Å²) in [5, 5.41) is 15.1. The zero-order chi connectivity index (χ0) is 25.0. The normalized spacial score (nSPS) is 11.3. The minimum atomic E-state index is -1.05. The van der Waals surface area contributed by atoms with E-state index in [0.717, 1.165) is 11.3 Å². The minimum Gasteiger partial charge on any atom is -0.465 e. The topological polar surface area (TPSA) is 69.6 Å². The molecule has 0 aliphatic rings. The van der Waals surface area contributed by atoms with Crippen LogP contribution in [0.2, 0.25) is 10.0 Å². The number of hydrogen-bond donors (Lipinski definition) is 2. The molecule has 178 valence electrons. The summed E-state index contributed by atoms with van der Waals surface area (Å²) in [6, 6.07) is 20.3. The number of carboxylic acid groups (broad SMARTS) is 1. The molecule has 0 bridgehead atoms. The molecule has 0 radical (unpaired) electrons. The molecule has 3 aromatic rings. The zero-order valence-corrected chi connectivity index (χ0v) is 21.5. The van der Waals surface area contributed by atoms with E-state index in [0.29, 0.717) is 10.0 Å². The molecule has 0 fully saturated rings. The molecule has 1 unspecified atom stereocenters. The Hall–Kier alpha value is -2.25. The fraction of sp³-hybridized carbons (Fsp3) is 0.280. The molecule has 0 saturated heterocycles. The van der Waals surface area contributed by atoms with Crippen molar-refractivity contribution in [2.24, 2.45) is 5.92 Å². The monoisotopic (exact) mass is 508 g/mol. The van der Waals surface area contributed by atoms with Crippen molar-refractivity contribution < 1.29 is 14.7 Å². The molecule has 33 heavy (non-hydrogen) atoms. The molecule has 3 aromatic carbocycles. The van der Waals surface area contributed by atoms with Crippen LogP contribution < -0.4 is 5.32 Å². The van der Waals surface area contributed by atoms with E-state index >= 15 is 0 Å². The first kappa shape index (κ1) is 28.8.